The second-order valence-electron chi connectivity index (χ2n) is 4.34. The van der Waals surface area contributed by atoms with Crippen LogP contribution in [0.1, 0.15) is 39.3 Å². The van der Waals surface area contributed by atoms with E-state index in [2.05, 4.69) is 16.7 Å². The van der Waals surface area contributed by atoms with Gasteiger partial charge in [0.2, 0.25) is 5.91 Å². The number of nitrogens with one attached hydrogen (secondary N) is 2. The van der Waals surface area contributed by atoms with Crippen molar-refractivity contribution in [3.8, 4) is 11.1 Å². The van der Waals surface area contributed by atoms with E-state index in [1.165, 1.54) is 0 Å². The van der Waals surface area contributed by atoms with Crippen LogP contribution in [0, 0.1) is 0 Å². The molecular formula is C19H26N2O. The molecule has 0 saturated heterocycles. The lowest BCUT2D eigenvalue weighted by molar-refractivity contribution is -0.118. The van der Waals surface area contributed by atoms with Crippen molar-refractivity contribution < 1.29 is 4.79 Å². The monoisotopic (exact) mass is 298 g/mol. The fourth-order valence-corrected chi connectivity index (χ4v) is 2.45. The Balaban J connectivity index is 0.000000561. The SMILES string of the molecule is CC.CC.CNC1C(=O)Nc2ccccc2-c2ccccc21. The maximum Gasteiger partial charge on any atom is 0.246 e. The molecule has 3 rings (SSSR count). The van der Waals surface area contributed by atoms with Crippen LogP contribution in [-0.2, 0) is 4.79 Å². The topological polar surface area (TPSA) is 41.1 Å². The summed E-state index contributed by atoms with van der Waals surface area (Å²) in [6.45, 7) is 8.00. The third-order valence-electron chi connectivity index (χ3n) is 3.30. The summed E-state index contributed by atoms with van der Waals surface area (Å²) < 4.78 is 0. The van der Waals surface area contributed by atoms with Gasteiger partial charge in [0, 0.05) is 11.3 Å². The van der Waals surface area contributed by atoms with Gasteiger partial charge in [0.15, 0.2) is 0 Å². The molecule has 2 N–H and O–H groups in total. The summed E-state index contributed by atoms with van der Waals surface area (Å²) in [6.07, 6.45) is 0. The number of rotatable bonds is 1. The average molecular weight is 298 g/mol. The van der Waals surface area contributed by atoms with E-state index >= 15 is 0 Å². The minimum Gasteiger partial charge on any atom is -0.324 e. The van der Waals surface area contributed by atoms with E-state index in [1.807, 2.05) is 70.2 Å². The molecule has 22 heavy (non-hydrogen) atoms. The minimum atomic E-state index is -0.311. The third kappa shape index (κ3) is 3.55. The van der Waals surface area contributed by atoms with Crippen molar-refractivity contribution in [2.45, 2.75) is 33.7 Å². The first-order valence-electron chi connectivity index (χ1n) is 7.97. The van der Waals surface area contributed by atoms with E-state index < -0.39 is 0 Å². The molecule has 0 saturated carbocycles. The highest BCUT2D eigenvalue weighted by Crippen LogP contribution is 2.36. The van der Waals surface area contributed by atoms with Crippen LogP contribution in [0.25, 0.3) is 11.1 Å². The van der Waals surface area contributed by atoms with Crippen LogP contribution in [0.15, 0.2) is 48.5 Å². The molecule has 0 bridgehead atoms. The van der Waals surface area contributed by atoms with Gasteiger partial charge in [0.1, 0.15) is 6.04 Å². The maximum absolute atomic E-state index is 12.2. The standard InChI is InChI=1S/C15H14N2O.2C2H6/c1-16-14-12-8-3-2-6-10(12)11-7-4-5-9-13(11)17-15(14)18;2*1-2/h2-9,14,16H,1H3,(H,17,18);2*1-2H3. The van der Waals surface area contributed by atoms with E-state index in [-0.39, 0.29) is 11.9 Å². The van der Waals surface area contributed by atoms with Gasteiger partial charge in [-0.3, -0.25) is 4.79 Å². The summed E-state index contributed by atoms with van der Waals surface area (Å²) in [5.74, 6) is -0.0186. The summed E-state index contributed by atoms with van der Waals surface area (Å²) >= 11 is 0. The van der Waals surface area contributed by atoms with Gasteiger partial charge in [0.05, 0.1) is 0 Å². The molecule has 2 aromatic carbocycles. The van der Waals surface area contributed by atoms with Crippen LogP contribution in [0.5, 0.6) is 0 Å². The van der Waals surface area contributed by atoms with Crippen molar-refractivity contribution in [1.82, 2.24) is 5.32 Å². The molecule has 2 aromatic rings. The molecule has 1 unspecified atom stereocenters. The van der Waals surface area contributed by atoms with Crippen molar-refractivity contribution in [2.24, 2.45) is 0 Å². The average Bonchev–Trinajstić information content (AvgIpc) is 2.72. The smallest absolute Gasteiger partial charge is 0.246 e. The van der Waals surface area contributed by atoms with E-state index in [4.69, 9.17) is 0 Å². The zero-order valence-electron chi connectivity index (χ0n) is 14.1. The van der Waals surface area contributed by atoms with Gasteiger partial charge in [-0.15, -0.1) is 0 Å². The molecule has 0 radical (unpaired) electrons. The Kier molecular flexibility index (Phi) is 7.33. The molecule has 3 heteroatoms. The third-order valence-corrected chi connectivity index (χ3v) is 3.30. The van der Waals surface area contributed by atoms with Gasteiger partial charge in [0.25, 0.3) is 0 Å². The number of benzene rings is 2. The summed E-state index contributed by atoms with van der Waals surface area (Å²) in [4.78, 5) is 12.2. The number of amides is 1. The van der Waals surface area contributed by atoms with Crippen molar-refractivity contribution in [3.63, 3.8) is 0 Å². The summed E-state index contributed by atoms with van der Waals surface area (Å²) in [7, 11) is 1.80. The van der Waals surface area contributed by atoms with Crippen LogP contribution in [0.3, 0.4) is 0 Å². The van der Waals surface area contributed by atoms with Gasteiger partial charge in [-0.25, -0.2) is 0 Å². The lowest BCUT2D eigenvalue weighted by Crippen LogP contribution is -2.29. The molecule has 1 atom stereocenters. The fourth-order valence-electron chi connectivity index (χ4n) is 2.45. The number of anilines is 1. The van der Waals surface area contributed by atoms with Gasteiger partial charge in [-0.05, 0) is 24.2 Å². The molecule has 1 aliphatic rings. The molecule has 0 spiro atoms. The van der Waals surface area contributed by atoms with E-state index in [0.29, 0.717) is 0 Å². The van der Waals surface area contributed by atoms with Crippen molar-refractivity contribution >= 4 is 11.6 Å². The number of para-hydroxylation sites is 1. The van der Waals surface area contributed by atoms with Crippen LogP contribution < -0.4 is 10.6 Å². The van der Waals surface area contributed by atoms with E-state index in [0.717, 1.165) is 22.4 Å². The Labute approximate surface area is 133 Å². The second kappa shape index (κ2) is 9.00. The number of hydrogen-bond donors (Lipinski definition) is 2. The Bertz CT molecular complexity index is 608. The predicted octanol–water partition coefficient (Wildman–Crippen LogP) is 4.62. The van der Waals surface area contributed by atoms with Crippen LogP contribution in [-0.4, -0.2) is 13.0 Å². The van der Waals surface area contributed by atoms with Crippen molar-refractivity contribution in [3.05, 3.63) is 54.1 Å². The molecule has 0 aliphatic carbocycles. The first-order chi connectivity index (χ1) is 10.8. The Morgan fingerprint density at radius 3 is 2.05 bits per heavy atom. The van der Waals surface area contributed by atoms with Crippen LogP contribution in [0.4, 0.5) is 5.69 Å². The lowest BCUT2D eigenvalue weighted by Gasteiger charge is -2.14. The largest absolute Gasteiger partial charge is 0.324 e. The number of fused-ring (bicyclic) bond motifs is 3. The van der Waals surface area contributed by atoms with Crippen LogP contribution >= 0.6 is 0 Å². The van der Waals surface area contributed by atoms with Crippen LogP contribution in [0.2, 0.25) is 0 Å². The molecule has 1 heterocycles. The fraction of sp³-hybridized carbons (Fsp3) is 0.316. The quantitative estimate of drug-likeness (QED) is 0.806. The Morgan fingerprint density at radius 2 is 1.41 bits per heavy atom. The normalized spacial score (nSPS) is 14.8. The van der Waals surface area contributed by atoms with Gasteiger partial charge in [-0.1, -0.05) is 70.2 Å². The van der Waals surface area contributed by atoms with E-state index in [1.54, 1.807) is 7.05 Å². The Hall–Kier alpha value is -2.13. The summed E-state index contributed by atoms with van der Waals surface area (Å²) in [5, 5.41) is 6.04. The van der Waals surface area contributed by atoms with Gasteiger partial charge >= 0.3 is 0 Å². The molecule has 1 aliphatic heterocycles. The zero-order chi connectivity index (χ0) is 16.5. The first-order valence-corrected chi connectivity index (χ1v) is 7.97. The number of hydrogen-bond acceptors (Lipinski definition) is 2. The highest BCUT2D eigenvalue weighted by Gasteiger charge is 2.26. The van der Waals surface area contributed by atoms with Crippen molar-refractivity contribution in [2.75, 3.05) is 12.4 Å². The first kappa shape index (κ1) is 17.9. The molecular weight excluding hydrogens is 272 g/mol. The lowest BCUT2D eigenvalue weighted by atomic mass is 9.95. The minimum absolute atomic E-state index is 0.0186. The number of carbonyl (C=O) groups is 1. The van der Waals surface area contributed by atoms with Crippen molar-refractivity contribution in [1.29, 1.82) is 0 Å². The molecule has 3 nitrogen and oxygen atoms in total. The summed E-state index contributed by atoms with van der Waals surface area (Å²) in [6, 6.07) is 15.6. The molecule has 0 aromatic heterocycles. The van der Waals surface area contributed by atoms with E-state index in [9.17, 15) is 4.79 Å². The van der Waals surface area contributed by atoms with Gasteiger partial charge in [-0.2, -0.15) is 0 Å². The highest BCUT2D eigenvalue weighted by atomic mass is 16.2. The summed E-state index contributed by atoms with van der Waals surface area (Å²) in [5.41, 5.74) is 4.06. The maximum atomic E-state index is 12.2. The molecule has 1 amide bonds. The van der Waals surface area contributed by atoms with Gasteiger partial charge < -0.3 is 10.6 Å². The molecule has 118 valence electrons. The Morgan fingerprint density at radius 1 is 0.864 bits per heavy atom. The molecule has 0 fully saturated rings. The highest BCUT2D eigenvalue weighted by molar-refractivity contribution is 6.03. The number of carbonyl (C=O) groups excluding carboxylic acids is 1. The zero-order valence-corrected chi connectivity index (χ0v) is 14.1. The number of likely N-dealkylation sites (N-methyl/N-ethyl adjacent to an activating group) is 1. The predicted molar refractivity (Wildman–Crippen MR) is 95.0 cm³/mol. The second-order valence-corrected chi connectivity index (χ2v) is 4.34.